The maximum absolute atomic E-state index is 14.2. The Bertz CT molecular complexity index is 1720. The van der Waals surface area contributed by atoms with Gasteiger partial charge in [0.25, 0.3) is 5.91 Å². The van der Waals surface area contributed by atoms with Crippen LogP contribution in [0.15, 0.2) is 97.1 Å². The molecular formula is C39H47N3O6Si. The molecule has 10 heteroatoms. The maximum Gasteiger partial charge on any atom is 0.255 e. The Labute approximate surface area is 290 Å². The van der Waals surface area contributed by atoms with Crippen molar-refractivity contribution in [2.45, 2.75) is 50.7 Å². The average molecular weight is 682 g/mol. The van der Waals surface area contributed by atoms with Gasteiger partial charge >= 0.3 is 0 Å². The van der Waals surface area contributed by atoms with Crippen LogP contribution in [0, 0.1) is 5.92 Å². The van der Waals surface area contributed by atoms with E-state index < -0.39 is 8.07 Å². The summed E-state index contributed by atoms with van der Waals surface area (Å²) in [5.74, 6) is 1.02. The van der Waals surface area contributed by atoms with Gasteiger partial charge in [0, 0.05) is 60.6 Å². The molecule has 0 spiro atoms. The van der Waals surface area contributed by atoms with Crippen molar-refractivity contribution in [3.05, 3.63) is 114 Å². The summed E-state index contributed by atoms with van der Waals surface area (Å²) in [5.41, 5.74) is 9.19. The van der Waals surface area contributed by atoms with E-state index in [-0.39, 0.29) is 55.1 Å². The molecule has 1 unspecified atom stereocenters. The van der Waals surface area contributed by atoms with Crippen molar-refractivity contribution in [2.75, 3.05) is 38.4 Å². The number of nitrogens with two attached hydrogens (primary N) is 1. The third-order valence-electron chi connectivity index (χ3n) is 9.75. The van der Waals surface area contributed by atoms with E-state index in [0.717, 1.165) is 16.9 Å². The number of fused-ring (bicyclic) bond motifs is 1. The molecule has 4 N–H and O–H groups in total. The van der Waals surface area contributed by atoms with Crippen molar-refractivity contribution in [1.82, 2.24) is 4.90 Å². The molecule has 0 aromatic heterocycles. The Morgan fingerprint density at radius 2 is 1.67 bits per heavy atom. The van der Waals surface area contributed by atoms with Crippen LogP contribution in [0.5, 0.6) is 11.5 Å². The number of rotatable bonds is 13. The van der Waals surface area contributed by atoms with Crippen LogP contribution in [0.1, 0.15) is 40.9 Å². The van der Waals surface area contributed by atoms with Crippen LogP contribution in [-0.4, -0.2) is 63.4 Å². The van der Waals surface area contributed by atoms with Crippen LogP contribution in [-0.2, 0) is 16.1 Å². The molecule has 1 heterocycles. The van der Waals surface area contributed by atoms with Crippen LogP contribution >= 0.6 is 0 Å². The molecule has 9 nitrogen and oxygen atoms in total. The number of anilines is 2. The molecule has 1 aliphatic rings. The van der Waals surface area contributed by atoms with Gasteiger partial charge in [-0.15, -0.1) is 0 Å². The quantitative estimate of drug-likeness (QED) is 0.117. The summed E-state index contributed by atoms with van der Waals surface area (Å²) < 4.78 is 18.5. The molecule has 0 saturated heterocycles. The lowest BCUT2D eigenvalue weighted by molar-refractivity contribution is -0.133. The normalized spacial score (nSPS) is 17.7. The molecule has 2 amide bonds. The van der Waals surface area contributed by atoms with E-state index in [1.165, 1.54) is 5.19 Å². The molecule has 5 rings (SSSR count). The van der Waals surface area contributed by atoms with Crippen LogP contribution in [0.2, 0.25) is 18.6 Å². The number of hydrogen-bond acceptors (Lipinski definition) is 7. The van der Waals surface area contributed by atoms with Gasteiger partial charge in [0.2, 0.25) is 5.91 Å². The maximum atomic E-state index is 14.2. The Morgan fingerprint density at radius 1 is 0.980 bits per heavy atom. The summed E-state index contributed by atoms with van der Waals surface area (Å²) in [6, 6.07) is 30.3. The van der Waals surface area contributed by atoms with E-state index in [1.54, 1.807) is 43.4 Å². The molecule has 4 aromatic carbocycles. The fourth-order valence-electron chi connectivity index (χ4n) is 6.84. The topological polar surface area (TPSA) is 123 Å². The Hall–Kier alpha value is -4.64. The number of amides is 2. The lowest BCUT2D eigenvalue weighted by Gasteiger charge is -2.46. The third-order valence-corrected chi connectivity index (χ3v) is 14.0. The number of benzene rings is 4. The minimum absolute atomic E-state index is 0.0340. The minimum Gasteiger partial charge on any atom is -0.497 e. The van der Waals surface area contributed by atoms with Gasteiger partial charge in [-0.2, -0.15) is 0 Å². The summed E-state index contributed by atoms with van der Waals surface area (Å²) >= 11 is 0. The van der Waals surface area contributed by atoms with Crippen LogP contribution in [0.3, 0.4) is 0 Å². The number of nitrogens with zero attached hydrogens (tertiary/aromatic N) is 1. The zero-order valence-electron chi connectivity index (χ0n) is 28.9. The van der Waals surface area contributed by atoms with Crippen molar-refractivity contribution in [3.8, 4) is 11.5 Å². The highest BCUT2D eigenvalue weighted by molar-refractivity contribution is 6.91. The summed E-state index contributed by atoms with van der Waals surface area (Å²) in [6.07, 6.45) is -0.458. The largest absolute Gasteiger partial charge is 0.497 e. The smallest absolute Gasteiger partial charge is 0.255 e. The predicted molar refractivity (Wildman–Crippen MR) is 196 cm³/mol. The van der Waals surface area contributed by atoms with Crippen LogP contribution in [0.25, 0.3) is 0 Å². The number of nitrogen functional groups attached to an aromatic ring is 1. The first-order valence-electron chi connectivity index (χ1n) is 16.6. The number of carbonyl (C=O) groups excluding carboxylic acids is 2. The Balaban J connectivity index is 1.48. The number of methoxy groups -OCH3 is 2. The molecule has 49 heavy (non-hydrogen) atoms. The number of aliphatic hydroxyl groups is 1. The fraction of sp³-hybridized carbons (Fsp3) is 0.333. The Kier molecular flexibility index (Phi) is 11.4. The van der Waals surface area contributed by atoms with E-state index in [2.05, 4.69) is 37.5 Å². The van der Waals surface area contributed by atoms with E-state index in [1.807, 2.05) is 60.7 Å². The fourth-order valence-corrected chi connectivity index (χ4v) is 10.2. The second kappa shape index (κ2) is 15.7. The summed E-state index contributed by atoms with van der Waals surface area (Å²) in [6.45, 7) is 7.18. The first-order chi connectivity index (χ1) is 23.5. The van der Waals surface area contributed by atoms with Gasteiger partial charge in [-0.25, -0.2) is 0 Å². The van der Waals surface area contributed by atoms with Crippen molar-refractivity contribution in [2.24, 2.45) is 5.92 Å². The van der Waals surface area contributed by atoms with Crippen molar-refractivity contribution >= 4 is 36.4 Å². The molecule has 0 saturated carbocycles. The monoisotopic (exact) mass is 681 g/mol. The average Bonchev–Trinajstić information content (AvgIpc) is 3.11. The molecule has 0 radical (unpaired) electrons. The summed E-state index contributed by atoms with van der Waals surface area (Å²) in [4.78, 5) is 29.0. The van der Waals surface area contributed by atoms with E-state index in [4.69, 9.17) is 19.9 Å². The van der Waals surface area contributed by atoms with E-state index >= 15 is 0 Å². The highest BCUT2D eigenvalue weighted by Gasteiger charge is 2.48. The summed E-state index contributed by atoms with van der Waals surface area (Å²) in [5, 5.41) is 14.1. The second-order valence-corrected chi connectivity index (χ2v) is 18.0. The molecule has 4 atom stereocenters. The van der Waals surface area contributed by atoms with Gasteiger partial charge in [-0.3, -0.25) is 9.59 Å². The van der Waals surface area contributed by atoms with E-state index in [9.17, 15) is 14.7 Å². The van der Waals surface area contributed by atoms with Gasteiger partial charge < -0.3 is 35.3 Å². The summed E-state index contributed by atoms with van der Waals surface area (Å²) in [7, 11) is 0.884. The minimum atomic E-state index is -2.45. The highest BCUT2D eigenvalue weighted by Crippen LogP contribution is 2.48. The number of carbonyl (C=O) groups is 2. The number of ether oxygens (including phenoxy) is 3. The van der Waals surface area contributed by atoms with Crippen molar-refractivity contribution in [1.29, 1.82) is 0 Å². The zero-order chi connectivity index (χ0) is 35.1. The SMILES string of the molecule is COc1ccc([Si](C)(C)C(CC(=O)N(CCO)Cc2ccccc2)[C@@H]2Oc3ccc(NC(=O)c4ccc(N)cc4)cc3[C@H](OC)[C@H]2C)cc1. The second-order valence-electron chi connectivity index (χ2n) is 13.2. The van der Waals surface area contributed by atoms with Gasteiger partial charge in [0.15, 0.2) is 0 Å². The van der Waals surface area contributed by atoms with Crippen molar-refractivity contribution in [3.63, 3.8) is 0 Å². The number of aliphatic hydroxyl groups excluding tert-OH is 1. The molecule has 0 fully saturated rings. The highest BCUT2D eigenvalue weighted by atomic mass is 28.3. The predicted octanol–water partition coefficient (Wildman–Crippen LogP) is 6.01. The first kappa shape index (κ1) is 35.7. The first-order valence-corrected chi connectivity index (χ1v) is 19.7. The third kappa shape index (κ3) is 8.16. The van der Waals surface area contributed by atoms with Gasteiger partial charge in [0.1, 0.15) is 17.6 Å². The standard InChI is InChI=1S/C39H47N3O6Si/c1-26-37(47-3)33-23-30(41-39(45)28-11-13-29(40)14-12-28)15-20-34(33)48-38(26)35(49(4,5)32-18-16-31(46-2)17-19-32)24-36(44)42(21-22-43)25-27-9-7-6-8-10-27/h6-20,23,26,35,37-38,43H,21-22,24-25,40H2,1-5H3,(H,41,45)/t26-,35?,37-,38-/m1/s1. The van der Waals surface area contributed by atoms with Crippen molar-refractivity contribution < 1.29 is 28.9 Å². The van der Waals surface area contributed by atoms with Gasteiger partial charge in [-0.1, -0.05) is 67.7 Å². The Morgan fingerprint density at radius 3 is 2.31 bits per heavy atom. The lowest BCUT2D eigenvalue weighted by Crippen LogP contribution is -2.55. The molecule has 0 aliphatic carbocycles. The van der Waals surface area contributed by atoms with E-state index in [0.29, 0.717) is 29.2 Å². The number of hydrogen-bond donors (Lipinski definition) is 3. The molecule has 258 valence electrons. The van der Waals surface area contributed by atoms with Crippen LogP contribution in [0.4, 0.5) is 11.4 Å². The lowest BCUT2D eigenvalue weighted by atomic mass is 9.86. The molecule has 0 bridgehead atoms. The zero-order valence-corrected chi connectivity index (χ0v) is 29.9. The van der Waals surface area contributed by atoms with Crippen LogP contribution < -0.4 is 25.7 Å². The molecular weight excluding hydrogens is 635 g/mol. The number of nitrogens with one attached hydrogen (secondary N) is 1. The van der Waals surface area contributed by atoms with Gasteiger partial charge in [0.05, 0.1) is 27.9 Å². The molecule has 1 aliphatic heterocycles. The van der Waals surface area contributed by atoms with Gasteiger partial charge in [-0.05, 0) is 60.2 Å². The molecule has 4 aromatic rings.